The fraction of sp³-hybridized carbons (Fsp3) is 0.385. The Bertz CT molecular complexity index is 460. The first-order valence-corrected chi connectivity index (χ1v) is 6.20. The van der Waals surface area contributed by atoms with Crippen molar-refractivity contribution >= 4 is 23.2 Å². The van der Waals surface area contributed by atoms with Gasteiger partial charge in [0.1, 0.15) is 0 Å². The van der Waals surface area contributed by atoms with Crippen LogP contribution >= 0.6 is 0 Å². The van der Waals surface area contributed by atoms with Gasteiger partial charge in [0.05, 0.1) is 5.56 Å². The number of amides is 2. The summed E-state index contributed by atoms with van der Waals surface area (Å²) in [6.45, 7) is 2.85. The van der Waals surface area contributed by atoms with Crippen molar-refractivity contribution in [2.24, 2.45) is 0 Å². The van der Waals surface area contributed by atoms with Gasteiger partial charge in [-0.3, -0.25) is 9.59 Å². The molecule has 0 radical (unpaired) electrons. The number of rotatable bonds is 6. The van der Waals surface area contributed by atoms with Crippen molar-refractivity contribution in [2.75, 3.05) is 31.2 Å². The van der Waals surface area contributed by atoms with Crippen molar-refractivity contribution < 1.29 is 9.59 Å². The van der Waals surface area contributed by atoms with Gasteiger partial charge in [0.2, 0.25) is 5.91 Å². The van der Waals surface area contributed by atoms with E-state index in [1.807, 2.05) is 6.92 Å². The summed E-state index contributed by atoms with van der Waals surface area (Å²) in [6, 6.07) is 5.03. The maximum atomic E-state index is 11.9. The van der Waals surface area contributed by atoms with E-state index in [4.69, 9.17) is 5.73 Å². The molecule has 0 aliphatic heterocycles. The second-order valence-electron chi connectivity index (χ2n) is 4.01. The molecule has 0 aliphatic rings. The lowest BCUT2D eigenvalue weighted by molar-refractivity contribution is -0.120. The molecule has 0 atom stereocenters. The van der Waals surface area contributed by atoms with Crippen molar-refractivity contribution in [2.45, 2.75) is 13.3 Å². The van der Waals surface area contributed by atoms with Crippen molar-refractivity contribution in [3.8, 4) is 0 Å². The van der Waals surface area contributed by atoms with Gasteiger partial charge in [0.15, 0.2) is 0 Å². The van der Waals surface area contributed by atoms with Crippen LogP contribution in [0, 0.1) is 0 Å². The maximum absolute atomic E-state index is 11.9. The highest BCUT2D eigenvalue weighted by Crippen LogP contribution is 2.19. The molecular weight excluding hydrogens is 244 g/mol. The number of hydrogen-bond acceptors (Lipinski definition) is 4. The second-order valence-corrected chi connectivity index (χ2v) is 4.01. The van der Waals surface area contributed by atoms with E-state index >= 15 is 0 Å². The minimum Gasteiger partial charge on any atom is -0.399 e. The second kappa shape index (κ2) is 7.25. The number of benzene rings is 1. The van der Waals surface area contributed by atoms with Crippen LogP contribution in [0.5, 0.6) is 0 Å². The molecule has 1 rings (SSSR count). The third kappa shape index (κ3) is 4.50. The van der Waals surface area contributed by atoms with Crippen LogP contribution in [0.2, 0.25) is 0 Å². The van der Waals surface area contributed by atoms with Gasteiger partial charge in [0, 0.05) is 37.9 Å². The van der Waals surface area contributed by atoms with Crippen LogP contribution in [-0.4, -0.2) is 32.0 Å². The SMILES string of the molecule is CCNC(=O)c1ccc(N)cc1NCCC(=O)NC. The van der Waals surface area contributed by atoms with Crippen LogP contribution in [0.15, 0.2) is 18.2 Å². The molecule has 19 heavy (non-hydrogen) atoms. The van der Waals surface area contributed by atoms with Gasteiger partial charge in [-0.2, -0.15) is 0 Å². The van der Waals surface area contributed by atoms with Crippen LogP contribution in [0.3, 0.4) is 0 Å². The number of nitrogens with two attached hydrogens (primary N) is 1. The van der Waals surface area contributed by atoms with Crippen LogP contribution in [0.25, 0.3) is 0 Å². The molecule has 0 aliphatic carbocycles. The minimum atomic E-state index is -0.162. The van der Waals surface area contributed by atoms with Gasteiger partial charge < -0.3 is 21.7 Å². The van der Waals surface area contributed by atoms with Crippen molar-refractivity contribution in [3.63, 3.8) is 0 Å². The fourth-order valence-electron chi connectivity index (χ4n) is 1.60. The Kier molecular flexibility index (Phi) is 5.66. The number of hydrogen-bond donors (Lipinski definition) is 4. The third-order valence-electron chi connectivity index (χ3n) is 2.57. The van der Waals surface area contributed by atoms with Gasteiger partial charge in [-0.25, -0.2) is 0 Å². The standard InChI is InChI=1S/C13H20N4O2/c1-3-16-13(19)10-5-4-9(14)8-11(10)17-7-6-12(18)15-2/h4-5,8,17H,3,6-7,14H2,1-2H3,(H,15,18)(H,16,19). The molecule has 0 spiro atoms. The first-order valence-electron chi connectivity index (χ1n) is 6.20. The Labute approximate surface area is 112 Å². The van der Waals surface area contributed by atoms with Gasteiger partial charge in [-0.15, -0.1) is 0 Å². The van der Waals surface area contributed by atoms with Gasteiger partial charge in [-0.1, -0.05) is 0 Å². The van der Waals surface area contributed by atoms with Crippen LogP contribution in [0.1, 0.15) is 23.7 Å². The predicted octanol–water partition coefficient (Wildman–Crippen LogP) is 0.567. The Morgan fingerprint density at radius 2 is 2.05 bits per heavy atom. The third-order valence-corrected chi connectivity index (χ3v) is 2.57. The highest BCUT2D eigenvalue weighted by molar-refractivity contribution is 6.00. The summed E-state index contributed by atoms with van der Waals surface area (Å²) in [4.78, 5) is 23.0. The van der Waals surface area contributed by atoms with Gasteiger partial charge >= 0.3 is 0 Å². The minimum absolute atomic E-state index is 0.0593. The molecule has 0 bridgehead atoms. The van der Waals surface area contributed by atoms with E-state index in [1.54, 1.807) is 25.2 Å². The highest BCUT2D eigenvalue weighted by atomic mass is 16.2. The lowest BCUT2D eigenvalue weighted by atomic mass is 10.1. The predicted molar refractivity (Wildman–Crippen MR) is 76.0 cm³/mol. The molecule has 6 heteroatoms. The topological polar surface area (TPSA) is 96.2 Å². The van der Waals surface area contributed by atoms with Crippen molar-refractivity contribution in [1.82, 2.24) is 10.6 Å². The van der Waals surface area contributed by atoms with E-state index in [2.05, 4.69) is 16.0 Å². The van der Waals surface area contributed by atoms with Crippen LogP contribution in [-0.2, 0) is 4.79 Å². The molecule has 0 heterocycles. The molecule has 2 amide bonds. The summed E-state index contributed by atoms with van der Waals surface area (Å²) in [6.07, 6.45) is 0.333. The smallest absolute Gasteiger partial charge is 0.253 e. The average Bonchev–Trinajstić information content (AvgIpc) is 2.38. The van der Waals surface area contributed by atoms with Crippen molar-refractivity contribution in [3.05, 3.63) is 23.8 Å². The van der Waals surface area contributed by atoms with Crippen molar-refractivity contribution in [1.29, 1.82) is 0 Å². The Hall–Kier alpha value is -2.24. The molecule has 0 unspecified atom stereocenters. The Morgan fingerprint density at radius 1 is 1.32 bits per heavy atom. The van der Waals surface area contributed by atoms with Gasteiger partial charge in [-0.05, 0) is 25.1 Å². The van der Waals surface area contributed by atoms with E-state index in [0.717, 1.165) is 0 Å². The summed E-state index contributed by atoms with van der Waals surface area (Å²) in [5.74, 6) is -0.221. The Morgan fingerprint density at radius 3 is 2.68 bits per heavy atom. The molecular formula is C13H20N4O2. The van der Waals surface area contributed by atoms with Crippen LogP contribution < -0.4 is 21.7 Å². The molecule has 0 fully saturated rings. The zero-order valence-electron chi connectivity index (χ0n) is 11.2. The average molecular weight is 264 g/mol. The van der Waals surface area contributed by atoms with E-state index in [-0.39, 0.29) is 11.8 Å². The van der Waals surface area contributed by atoms with Gasteiger partial charge in [0.25, 0.3) is 5.91 Å². The lowest BCUT2D eigenvalue weighted by Crippen LogP contribution is -2.25. The summed E-state index contributed by atoms with van der Waals surface area (Å²) in [7, 11) is 1.59. The molecule has 0 saturated heterocycles. The normalized spacial score (nSPS) is 9.79. The zero-order valence-corrected chi connectivity index (χ0v) is 11.2. The summed E-state index contributed by atoms with van der Waals surface area (Å²) in [5, 5.41) is 8.33. The van der Waals surface area contributed by atoms with E-state index in [0.29, 0.717) is 36.4 Å². The molecule has 1 aromatic carbocycles. The van der Waals surface area contributed by atoms with Crippen LogP contribution in [0.4, 0.5) is 11.4 Å². The monoisotopic (exact) mass is 264 g/mol. The van der Waals surface area contributed by atoms with E-state index in [1.165, 1.54) is 0 Å². The number of carbonyl (C=O) groups excluding carboxylic acids is 2. The fourth-order valence-corrected chi connectivity index (χ4v) is 1.60. The maximum Gasteiger partial charge on any atom is 0.253 e. The molecule has 1 aromatic rings. The summed E-state index contributed by atoms with van der Waals surface area (Å²) < 4.78 is 0. The van der Waals surface area contributed by atoms with E-state index in [9.17, 15) is 9.59 Å². The van der Waals surface area contributed by atoms with E-state index < -0.39 is 0 Å². The first-order chi connectivity index (χ1) is 9.08. The number of anilines is 2. The highest BCUT2D eigenvalue weighted by Gasteiger charge is 2.10. The molecule has 0 saturated carbocycles. The summed E-state index contributed by atoms with van der Waals surface area (Å²) in [5.41, 5.74) is 7.43. The largest absolute Gasteiger partial charge is 0.399 e. The first kappa shape index (κ1) is 14.8. The number of carbonyl (C=O) groups is 2. The lowest BCUT2D eigenvalue weighted by Gasteiger charge is -2.12. The number of nitrogens with one attached hydrogen (secondary N) is 3. The summed E-state index contributed by atoms with van der Waals surface area (Å²) >= 11 is 0. The molecule has 6 nitrogen and oxygen atoms in total. The molecule has 104 valence electrons. The Balaban J connectivity index is 2.76. The quantitative estimate of drug-likeness (QED) is 0.565. The zero-order chi connectivity index (χ0) is 14.3. The molecule has 5 N–H and O–H groups in total. The number of nitrogen functional groups attached to an aromatic ring is 1. The molecule has 0 aromatic heterocycles.